The molecule has 0 fully saturated rings. The molecule has 2 N–H and O–H groups in total. The van der Waals surface area contributed by atoms with Gasteiger partial charge in [-0.3, -0.25) is 0 Å². The molecule has 76 valence electrons. The van der Waals surface area contributed by atoms with E-state index in [4.69, 9.17) is 11.0 Å². The van der Waals surface area contributed by atoms with Crippen LogP contribution in [0, 0.1) is 11.3 Å². The highest BCUT2D eigenvalue weighted by Crippen LogP contribution is 2.07. The van der Waals surface area contributed by atoms with Crippen molar-refractivity contribution in [3.8, 4) is 6.07 Å². The first-order valence-electron chi connectivity index (χ1n) is 4.83. The molecule has 0 aromatic heterocycles. The summed E-state index contributed by atoms with van der Waals surface area (Å²) in [6.45, 7) is 7.00. The van der Waals surface area contributed by atoms with E-state index < -0.39 is 5.54 Å². The summed E-state index contributed by atoms with van der Waals surface area (Å²) in [5.74, 6) is 0. The van der Waals surface area contributed by atoms with E-state index in [0.717, 1.165) is 19.4 Å². The van der Waals surface area contributed by atoms with Crippen molar-refractivity contribution >= 4 is 0 Å². The molecule has 0 radical (unpaired) electrons. The molecule has 0 aliphatic rings. The second-order valence-corrected chi connectivity index (χ2v) is 4.02. The van der Waals surface area contributed by atoms with Gasteiger partial charge in [0, 0.05) is 12.6 Å². The Labute approximate surface area is 81.5 Å². The van der Waals surface area contributed by atoms with Gasteiger partial charge in [0.1, 0.15) is 5.54 Å². The molecule has 0 aliphatic carbocycles. The zero-order chi connectivity index (χ0) is 10.5. The van der Waals surface area contributed by atoms with Crippen molar-refractivity contribution in [2.75, 3.05) is 13.6 Å². The number of hydrogen-bond donors (Lipinski definition) is 1. The largest absolute Gasteiger partial charge is 0.314 e. The topological polar surface area (TPSA) is 53.0 Å². The summed E-state index contributed by atoms with van der Waals surface area (Å²) in [7, 11) is 2.07. The van der Waals surface area contributed by atoms with Gasteiger partial charge in [0.05, 0.1) is 6.07 Å². The predicted molar refractivity (Wildman–Crippen MR) is 55.2 cm³/mol. The van der Waals surface area contributed by atoms with E-state index >= 15 is 0 Å². The lowest BCUT2D eigenvalue weighted by Crippen LogP contribution is -2.40. The van der Waals surface area contributed by atoms with Gasteiger partial charge in [-0.05, 0) is 33.7 Å². The normalized spacial score (nSPS) is 17.9. The van der Waals surface area contributed by atoms with Crippen LogP contribution in [0.2, 0.25) is 0 Å². The highest BCUT2D eigenvalue weighted by molar-refractivity contribution is 5.01. The lowest BCUT2D eigenvalue weighted by Gasteiger charge is -2.26. The molecule has 13 heavy (non-hydrogen) atoms. The van der Waals surface area contributed by atoms with Crippen LogP contribution in [-0.4, -0.2) is 30.1 Å². The first kappa shape index (κ1) is 12.4. The minimum Gasteiger partial charge on any atom is -0.314 e. The number of rotatable bonds is 5. The second-order valence-electron chi connectivity index (χ2n) is 4.02. The summed E-state index contributed by atoms with van der Waals surface area (Å²) in [5, 5.41) is 8.71. The Morgan fingerprint density at radius 3 is 2.54 bits per heavy atom. The third kappa shape index (κ3) is 4.87. The van der Waals surface area contributed by atoms with Gasteiger partial charge in [0.25, 0.3) is 0 Å². The third-order valence-electron chi connectivity index (χ3n) is 2.58. The summed E-state index contributed by atoms with van der Waals surface area (Å²) in [6.07, 6.45) is 1.86. The van der Waals surface area contributed by atoms with Crippen LogP contribution >= 0.6 is 0 Å². The first-order valence-corrected chi connectivity index (χ1v) is 4.83. The maximum absolute atomic E-state index is 8.71. The van der Waals surface area contributed by atoms with Gasteiger partial charge in [-0.25, -0.2) is 0 Å². The smallest absolute Gasteiger partial charge is 0.102 e. The molecule has 2 unspecified atom stereocenters. The van der Waals surface area contributed by atoms with Crippen LogP contribution in [0.15, 0.2) is 0 Å². The molecular formula is C10H21N3. The number of nitrogens with zero attached hydrogens (tertiary/aromatic N) is 2. The lowest BCUT2D eigenvalue weighted by molar-refractivity contribution is 0.237. The molecule has 3 heteroatoms. The molecule has 0 bridgehead atoms. The molecule has 0 spiro atoms. The van der Waals surface area contributed by atoms with E-state index in [1.54, 1.807) is 6.92 Å². The maximum Gasteiger partial charge on any atom is 0.102 e. The number of nitriles is 1. The zero-order valence-corrected chi connectivity index (χ0v) is 9.17. The Morgan fingerprint density at radius 1 is 1.62 bits per heavy atom. The van der Waals surface area contributed by atoms with E-state index in [1.807, 2.05) is 0 Å². The second kappa shape index (κ2) is 5.21. The maximum atomic E-state index is 8.71. The quantitative estimate of drug-likeness (QED) is 0.700. The molecule has 0 saturated heterocycles. The molecule has 0 aromatic carbocycles. The molecule has 2 atom stereocenters. The third-order valence-corrected chi connectivity index (χ3v) is 2.58. The summed E-state index contributed by atoms with van der Waals surface area (Å²) in [5.41, 5.74) is 5.04. The van der Waals surface area contributed by atoms with Crippen LogP contribution in [-0.2, 0) is 0 Å². The minimum absolute atomic E-state index is 0.564. The summed E-state index contributed by atoms with van der Waals surface area (Å²) in [6, 6.07) is 2.67. The molecule has 0 aromatic rings. The van der Waals surface area contributed by atoms with Gasteiger partial charge in [-0.15, -0.1) is 0 Å². The fourth-order valence-electron chi connectivity index (χ4n) is 0.997. The van der Waals surface area contributed by atoms with Gasteiger partial charge in [-0.1, -0.05) is 6.92 Å². The van der Waals surface area contributed by atoms with Gasteiger partial charge >= 0.3 is 0 Å². The van der Waals surface area contributed by atoms with Crippen molar-refractivity contribution < 1.29 is 0 Å². The Hall–Kier alpha value is -0.590. The van der Waals surface area contributed by atoms with Crippen molar-refractivity contribution in [1.82, 2.24) is 4.90 Å². The molecule has 0 amide bonds. The van der Waals surface area contributed by atoms with Crippen LogP contribution in [0.3, 0.4) is 0 Å². The van der Waals surface area contributed by atoms with Crippen molar-refractivity contribution in [3.63, 3.8) is 0 Å². The standard InChI is InChI=1S/C10H21N3/c1-5-9(2)13(4)7-6-10(3,12)8-11/h9H,5-7,12H2,1-4H3. The van der Waals surface area contributed by atoms with Crippen molar-refractivity contribution in [3.05, 3.63) is 0 Å². The average Bonchev–Trinajstić information content (AvgIpc) is 2.13. The first-order chi connectivity index (χ1) is 5.93. The van der Waals surface area contributed by atoms with E-state index in [2.05, 4.69) is 31.9 Å². The summed E-state index contributed by atoms with van der Waals surface area (Å²) >= 11 is 0. The van der Waals surface area contributed by atoms with Crippen molar-refractivity contribution in [1.29, 1.82) is 5.26 Å². The summed E-state index contributed by atoms with van der Waals surface area (Å²) in [4.78, 5) is 2.24. The van der Waals surface area contributed by atoms with Crippen LogP contribution in [0.5, 0.6) is 0 Å². The Kier molecular flexibility index (Phi) is 4.97. The van der Waals surface area contributed by atoms with Crippen LogP contribution in [0.1, 0.15) is 33.6 Å². The van der Waals surface area contributed by atoms with E-state index in [-0.39, 0.29) is 0 Å². The fourth-order valence-corrected chi connectivity index (χ4v) is 0.997. The van der Waals surface area contributed by atoms with E-state index in [0.29, 0.717) is 6.04 Å². The molecular weight excluding hydrogens is 162 g/mol. The monoisotopic (exact) mass is 183 g/mol. The van der Waals surface area contributed by atoms with Gasteiger partial charge < -0.3 is 10.6 Å². The van der Waals surface area contributed by atoms with Crippen LogP contribution in [0.25, 0.3) is 0 Å². The molecule has 0 heterocycles. The summed E-state index contributed by atoms with van der Waals surface area (Å²) < 4.78 is 0. The molecule has 0 aliphatic heterocycles. The molecule has 0 rings (SSSR count). The van der Waals surface area contributed by atoms with Crippen molar-refractivity contribution in [2.24, 2.45) is 5.73 Å². The van der Waals surface area contributed by atoms with Crippen LogP contribution < -0.4 is 5.73 Å². The Bertz CT molecular complexity index is 181. The highest BCUT2D eigenvalue weighted by atomic mass is 15.1. The average molecular weight is 183 g/mol. The van der Waals surface area contributed by atoms with Gasteiger partial charge in [0.15, 0.2) is 0 Å². The zero-order valence-electron chi connectivity index (χ0n) is 9.17. The molecule has 3 nitrogen and oxygen atoms in total. The van der Waals surface area contributed by atoms with E-state index in [9.17, 15) is 0 Å². The molecule has 0 saturated carbocycles. The number of hydrogen-bond acceptors (Lipinski definition) is 3. The van der Waals surface area contributed by atoms with Crippen LogP contribution in [0.4, 0.5) is 0 Å². The van der Waals surface area contributed by atoms with E-state index in [1.165, 1.54) is 0 Å². The Balaban J connectivity index is 3.84. The Morgan fingerprint density at radius 2 is 2.15 bits per heavy atom. The SMILES string of the molecule is CCC(C)N(C)CCC(C)(N)C#N. The number of nitrogens with two attached hydrogens (primary N) is 1. The predicted octanol–water partition coefficient (Wildman–Crippen LogP) is 1.35. The fraction of sp³-hybridized carbons (Fsp3) is 0.900. The minimum atomic E-state index is -0.679. The van der Waals surface area contributed by atoms with Gasteiger partial charge in [0.2, 0.25) is 0 Å². The lowest BCUT2D eigenvalue weighted by atomic mass is 10.0. The van der Waals surface area contributed by atoms with Gasteiger partial charge in [-0.2, -0.15) is 5.26 Å². The highest BCUT2D eigenvalue weighted by Gasteiger charge is 2.18. The van der Waals surface area contributed by atoms with Crippen molar-refractivity contribution in [2.45, 2.75) is 45.2 Å².